The maximum Gasteiger partial charge on any atom is 0.255 e. The number of carbonyl (C=O) groups excluding carboxylic acids is 2. The molecule has 0 aromatic heterocycles. The van der Waals surface area contributed by atoms with Crippen molar-refractivity contribution in [3.63, 3.8) is 0 Å². The van der Waals surface area contributed by atoms with Gasteiger partial charge in [0.25, 0.3) is 5.91 Å². The lowest BCUT2D eigenvalue weighted by Crippen LogP contribution is -2.49. The van der Waals surface area contributed by atoms with Crippen LogP contribution in [0, 0.1) is 0 Å². The van der Waals surface area contributed by atoms with Crippen molar-refractivity contribution in [1.29, 1.82) is 0 Å². The molecule has 9 heteroatoms. The van der Waals surface area contributed by atoms with E-state index in [4.69, 9.17) is 18.9 Å². The van der Waals surface area contributed by atoms with Crippen molar-refractivity contribution >= 4 is 11.8 Å². The Labute approximate surface area is 317 Å². The lowest BCUT2D eigenvalue weighted by molar-refractivity contribution is -0.126. The Morgan fingerprint density at radius 1 is 0.704 bits per heavy atom. The number of ether oxygens (including phenoxy) is 4. The summed E-state index contributed by atoms with van der Waals surface area (Å²) in [6.45, 7) is 7.81. The third-order valence-electron chi connectivity index (χ3n) is 10.6. The molecule has 2 N–H and O–H groups in total. The number of hydrogen-bond donors (Lipinski definition) is 2. The normalized spacial score (nSPS) is 19.3. The lowest BCUT2D eigenvalue weighted by Gasteiger charge is -2.34. The molecule has 2 amide bonds. The molecule has 9 nitrogen and oxygen atoms in total. The molecule has 0 unspecified atom stereocenters. The molecular formula is C45H50N2O7. The highest BCUT2D eigenvalue weighted by molar-refractivity contribution is 6.01. The zero-order valence-corrected chi connectivity index (χ0v) is 30.8. The highest BCUT2D eigenvalue weighted by Crippen LogP contribution is 2.47. The molecular weight excluding hydrogens is 681 g/mol. The third kappa shape index (κ3) is 8.97. The van der Waals surface area contributed by atoms with E-state index in [2.05, 4.69) is 72.6 Å². The quantitative estimate of drug-likeness (QED) is 0.108. The van der Waals surface area contributed by atoms with E-state index in [1.165, 1.54) is 22.3 Å². The van der Waals surface area contributed by atoms with Gasteiger partial charge in [0.1, 0.15) is 23.3 Å². The molecule has 1 fully saturated rings. The van der Waals surface area contributed by atoms with Gasteiger partial charge in [-0.3, -0.25) is 9.59 Å². The molecule has 4 aromatic carbocycles. The van der Waals surface area contributed by atoms with Crippen LogP contribution in [0.25, 0.3) is 0 Å². The molecule has 282 valence electrons. The number of nitrogens with zero attached hydrogens (tertiary/aromatic N) is 1. The van der Waals surface area contributed by atoms with Crippen LogP contribution in [0.3, 0.4) is 0 Å². The molecule has 0 spiro atoms. The van der Waals surface area contributed by atoms with Crippen LogP contribution < -0.4 is 14.8 Å². The van der Waals surface area contributed by atoms with Crippen LogP contribution in [0.2, 0.25) is 0 Å². The molecule has 2 aliphatic heterocycles. The molecule has 54 heavy (non-hydrogen) atoms. The third-order valence-corrected chi connectivity index (χ3v) is 10.6. The smallest absolute Gasteiger partial charge is 0.255 e. The number of carbonyl (C=O) groups is 2. The van der Waals surface area contributed by atoms with Gasteiger partial charge in [0, 0.05) is 63.0 Å². The van der Waals surface area contributed by atoms with E-state index in [9.17, 15) is 14.7 Å². The summed E-state index contributed by atoms with van der Waals surface area (Å²) in [5, 5.41) is 12.9. The molecule has 1 aliphatic carbocycles. The monoisotopic (exact) mass is 730 g/mol. The van der Waals surface area contributed by atoms with Crippen molar-refractivity contribution < 1.29 is 33.6 Å². The Balaban J connectivity index is 0.748. The molecule has 0 bridgehead atoms. The number of phenols is 1. The van der Waals surface area contributed by atoms with Gasteiger partial charge in [0.2, 0.25) is 5.91 Å². The first-order valence-electron chi connectivity index (χ1n) is 19.2. The number of piperidine rings is 1. The van der Waals surface area contributed by atoms with Crippen molar-refractivity contribution in [1.82, 2.24) is 10.2 Å². The fourth-order valence-corrected chi connectivity index (χ4v) is 7.94. The maximum absolute atomic E-state index is 12.9. The second kappa shape index (κ2) is 17.8. The maximum atomic E-state index is 12.9. The summed E-state index contributed by atoms with van der Waals surface area (Å²) >= 11 is 0. The Hall–Kier alpha value is -5.12. The number of hydrogen-bond acceptors (Lipinski definition) is 7. The minimum Gasteiger partial charge on any atom is -0.508 e. The summed E-state index contributed by atoms with van der Waals surface area (Å²) in [5.41, 5.74) is 7.34. The van der Waals surface area contributed by atoms with Crippen molar-refractivity contribution in [2.45, 2.75) is 69.4 Å². The van der Waals surface area contributed by atoms with Crippen LogP contribution in [0.1, 0.15) is 88.5 Å². The van der Waals surface area contributed by atoms with E-state index < -0.39 is 6.04 Å². The minimum atomic E-state index is -0.467. The van der Waals surface area contributed by atoms with E-state index in [0.717, 1.165) is 43.4 Å². The first-order valence-corrected chi connectivity index (χ1v) is 19.2. The highest BCUT2D eigenvalue weighted by atomic mass is 16.5. The van der Waals surface area contributed by atoms with Gasteiger partial charge < -0.3 is 34.3 Å². The summed E-state index contributed by atoms with van der Waals surface area (Å²) in [4.78, 5) is 27.0. The lowest BCUT2D eigenvalue weighted by atomic mass is 9.69. The standard InChI is InChI=1S/C45H50N2O7/c1-31-10-21-42(44(49)46-31)47-30-35-29-38(17-20-41(35)45(47)50)54-27-7-25-52-23-5-22-51-24-6-26-53-37-15-11-33(12-16-37)43-39(32-8-3-2-4-9-32)18-13-34-28-36(48)14-19-40(34)43/h2-4,8-9,11-12,14-17,19-20,28-29,39,42-43,48H,1,5-7,10,13,18,21-27,30H2,(H,46,49)/t39-,42+,43+/m1/s1. The van der Waals surface area contributed by atoms with E-state index in [1.807, 2.05) is 18.2 Å². The molecule has 3 aliphatic rings. The SMILES string of the molecule is C=C1CC[C@H](N2Cc3cc(OCCCOCCCOCCCOc4ccc([C@@H]5c6ccc(O)cc6CC[C@@H]5c5ccccc5)cc4)ccc3C2=O)C(=O)N1. The molecule has 2 heterocycles. The zero-order valence-electron chi connectivity index (χ0n) is 30.8. The zero-order chi connectivity index (χ0) is 37.3. The Morgan fingerprint density at radius 2 is 1.39 bits per heavy atom. The molecule has 7 rings (SSSR count). The first kappa shape index (κ1) is 37.2. The topological polar surface area (TPSA) is 107 Å². The number of aromatic hydroxyl groups is 1. The van der Waals surface area contributed by atoms with Crippen molar-refractivity contribution in [2.75, 3.05) is 39.6 Å². The Morgan fingerprint density at radius 3 is 2.11 bits per heavy atom. The number of nitrogens with one attached hydrogen (secondary N) is 1. The average molecular weight is 731 g/mol. The summed E-state index contributed by atoms with van der Waals surface area (Å²) < 4.78 is 23.5. The van der Waals surface area contributed by atoms with Crippen LogP contribution in [-0.2, 0) is 27.2 Å². The first-order chi connectivity index (χ1) is 26.4. The van der Waals surface area contributed by atoms with Gasteiger partial charge in [-0.25, -0.2) is 0 Å². The predicted octanol–water partition coefficient (Wildman–Crippen LogP) is 7.66. The number of amides is 2. The highest BCUT2D eigenvalue weighted by Gasteiger charge is 2.38. The summed E-state index contributed by atoms with van der Waals surface area (Å²) in [6.07, 6.45) is 5.63. The largest absolute Gasteiger partial charge is 0.508 e. The number of phenolic OH excluding ortho intramolecular Hbond substituents is 1. The number of allylic oxidation sites excluding steroid dienone is 1. The second-order valence-corrected chi connectivity index (χ2v) is 14.4. The second-order valence-electron chi connectivity index (χ2n) is 14.4. The fourth-order valence-electron chi connectivity index (χ4n) is 7.94. The molecule has 3 atom stereocenters. The number of benzene rings is 4. The van der Waals surface area contributed by atoms with Crippen molar-refractivity contribution in [2.24, 2.45) is 0 Å². The van der Waals surface area contributed by atoms with Crippen molar-refractivity contribution in [3.8, 4) is 17.2 Å². The molecule has 1 saturated heterocycles. The number of fused-ring (bicyclic) bond motifs is 2. The van der Waals surface area contributed by atoms with Crippen LogP contribution in [-0.4, -0.2) is 67.5 Å². The predicted molar refractivity (Wildman–Crippen MR) is 207 cm³/mol. The molecule has 4 aromatic rings. The van der Waals surface area contributed by atoms with E-state index >= 15 is 0 Å². The van der Waals surface area contributed by atoms with Gasteiger partial charge in [-0.2, -0.15) is 0 Å². The van der Waals surface area contributed by atoms with E-state index in [-0.39, 0.29) is 17.7 Å². The summed E-state index contributed by atoms with van der Waals surface area (Å²) in [5.74, 6) is 2.20. The van der Waals surface area contributed by atoms with Gasteiger partial charge in [-0.05, 0) is 108 Å². The number of rotatable bonds is 17. The van der Waals surface area contributed by atoms with Gasteiger partial charge in [-0.1, -0.05) is 55.1 Å². The van der Waals surface area contributed by atoms with Crippen LogP contribution >= 0.6 is 0 Å². The van der Waals surface area contributed by atoms with Gasteiger partial charge in [-0.15, -0.1) is 0 Å². The molecule has 0 radical (unpaired) electrons. The van der Waals surface area contributed by atoms with E-state index in [1.54, 1.807) is 17.0 Å². The summed E-state index contributed by atoms with van der Waals surface area (Å²) in [6, 6.07) is 30.1. The fraction of sp³-hybridized carbons (Fsp3) is 0.378. The van der Waals surface area contributed by atoms with Crippen molar-refractivity contribution in [3.05, 3.63) is 137 Å². The van der Waals surface area contributed by atoms with Crippen LogP contribution in [0.5, 0.6) is 17.2 Å². The minimum absolute atomic E-state index is 0.111. The Kier molecular flexibility index (Phi) is 12.3. The average Bonchev–Trinajstić information content (AvgIpc) is 3.51. The van der Waals surface area contributed by atoms with Crippen LogP contribution in [0.4, 0.5) is 0 Å². The van der Waals surface area contributed by atoms with Gasteiger partial charge in [0.15, 0.2) is 0 Å². The van der Waals surface area contributed by atoms with Gasteiger partial charge in [0.05, 0.1) is 13.2 Å². The summed E-state index contributed by atoms with van der Waals surface area (Å²) in [7, 11) is 0. The molecule has 0 saturated carbocycles. The van der Waals surface area contributed by atoms with E-state index in [0.29, 0.717) is 87.7 Å². The Bertz CT molecular complexity index is 1910. The van der Waals surface area contributed by atoms with Gasteiger partial charge >= 0.3 is 0 Å². The van der Waals surface area contributed by atoms with Crippen LogP contribution in [0.15, 0.2) is 103 Å². The number of aryl methyl sites for hydroxylation is 1.